The summed E-state index contributed by atoms with van der Waals surface area (Å²) in [6.45, 7) is 4.29. The van der Waals surface area contributed by atoms with Crippen molar-refractivity contribution in [3.05, 3.63) is 51.7 Å². The van der Waals surface area contributed by atoms with E-state index in [2.05, 4.69) is 10.5 Å². The van der Waals surface area contributed by atoms with Gasteiger partial charge in [0.05, 0.1) is 5.71 Å². The molecule has 1 aromatic heterocycles. The van der Waals surface area contributed by atoms with Crippen LogP contribution in [0.15, 0.2) is 40.2 Å². The molecule has 0 fully saturated rings. The molecule has 0 bridgehead atoms. The maximum atomic E-state index is 8.87. The van der Waals surface area contributed by atoms with Crippen LogP contribution < -0.4 is 4.74 Å². The molecule has 3 nitrogen and oxygen atoms in total. The third-order valence-electron chi connectivity index (χ3n) is 2.65. The third kappa shape index (κ3) is 2.90. The number of rotatable bonds is 4. The van der Waals surface area contributed by atoms with Crippen LogP contribution in [0.25, 0.3) is 0 Å². The molecule has 94 valence electrons. The van der Waals surface area contributed by atoms with Crippen molar-refractivity contribution in [3.8, 4) is 5.75 Å². The quantitative estimate of drug-likeness (QED) is 0.516. The van der Waals surface area contributed by atoms with Gasteiger partial charge in [-0.3, -0.25) is 0 Å². The molecule has 0 amide bonds. The van der Waals surface area contributed by atoms with E-state index >= 15 is 0 Å². The predicted octanol–water partition coefficient (Wildman–Crippen LogP) is 3.83. The molecule has 0 saturated carbocycles. The normalized spacial score (nSPS) is 11.6. The molecule has 1 heterocycles. The van der Waals surface area contributed by atoms with Crippen LogP contribution in [0.5, 0.6) is 5.75 Å². The van der Waals surface area contributed by atoms with Crippen molar-refractivity contribution in [2.75, 3.05) is 0 Å². The Morgan fingerprint density at radius 3 is 2.89 bits per heavy atom. The second-order valence-electron chi connectivity index (χ2n) is 4.11. The van der Waals surface area contributed by atoms with Gasteiger partial charge >= 0.3 is 0 Å². The zero-order chi connectivity index (χ0) is 13.0. The zero-order valence-corrected chi connectivity index (χ0v) is 11.2. The van der Waals surface area contributed by atoms with Crippen molar-refractivity contribution in [2.24, 2.45) is 5.16 Å². The first kappa shape index (κ1) is 12.6. The van der Waals surface area contributed by atoms with Gasteiger partial charge in [0.25, 0.3) is 0 Å². The SMILES string of the molecule is CC(=NO)c1ccc(C)cc1OCc1ccsc1. The van der Waals surface area contributed by atoms with Gasteiger partial charge in [-0.2, -0.15) is 11.3 Å². The molecule has 2 rings (SSSR count). The third-order valence-corrected chi connectivity index (χ3v) is 3.38. The fourth-order valence-corrected chi connectivity index (χ4v) is 2.29. The molecule has 0 aliphatic heterocycles. The maximum absolute atomic E-state index is 8.87. The van der Waals surface area contributed by atoms with Crippen LogP contribution >= 0.6 is 11.3 Å². The molecule has 4 heteroatoms. The Morgan fingerprint density at radius 2 is 2.22 bits per heavy atom. The molecule has 0 unspecified atom stereocenters. The first-order valence-electron chi connectivity index (χ1n) is 5.64. The van der Waals surface area contributed by atoms with E-state index in [1.807, 2.05) is 36.6 Å². The number of oxime groups is 1. The van der Waals surface area contributed by atoms with Gasteiger partial charge in [0.15, 0.2) is 0 Å². The molecular weight excluding hydrogens is 246 g/mol. The summed E-state index contributed by atoms with van der Waals surface area (Å²) in [6.07, 6.45) is 0. The lowest BCUT2D eigenvalue weighted by Gasteiger charge is -2.11. The monoisotopic (exact) mass is 261 g/mol. The van der Waals surface area contributed by atoms with Gasteiger partial charge < -0.3 is 9.94 Å². The molecule has 2 aromatic rings. The molecular formula is C14H15NO2S. The standard InChI is InChI=1S/C14H15NO2S/c1-10-3-4-13(11(2)15-16)14(7-10)17-8-12-5-6-18-9-12/h3-7,9,16H,8H2,1-2H3. The number of aryl methyl sites for hydroxylation is 1. The highest BCUT2D eigenvalue weighted by Crippen LogP contribution is 2.22. The van der Waals surface area contributed by atoms with Crippen molar-refractivity contribution in [1.82, 2.24) is 0 Å². The van der Waals surface area contributed by atoms with Crippen LogP contribution in [-0.2, 0) is 6.61 Å². The van der Waals surface area contributed by atoms with Crippen molar-refractivity contribution in [1.29, 1.82) is 0 Å². The highest BCUT2D eigenvalue weighted by atomic mass is 32.1. The van der Waals surface area contributed by atoms with E-state index < -0.39 is 0 Å². The molecule has 18 heavy (non-hydrogen) atoms. The lowest BCUT2D eigenvalue weighted by molar-refractivity contribution is 0.303. The largest absolute Gasteiger partial charge is 0.488 e. The average Bonchev–Trinajstić information content (AvgIpc) is 2.88. The van der Waals surface area contributed by atoms with Crippen molar-refractivity contribution < 1.29 is 9.94 Å². The molecule has 0 atom stereocenters. The van der Waals surface area contributed by atoms with E-state index in [1.165, 1.54) is 0 Å². The Bertz CT molecular complexity index is 547. The average molecular weight is 261 g/mol. The first-order valence-corrected chi connectivity index (χ1v) is 6.58. The topological polar surface area (TPSA) is 41.8 Å². The number of hydrogen-bond acceptors (Lipinski definition) is 4. The van der Waals surface area contributed by atoms with E-state index in [9.17, 15) is 0 Å². The highest BCUT2D eigenvalue weighted by molar-refractivity contribution is 7.07. The second kappa shape index (κ2) is 5.69. The van der Waals surface area contributed by atoms with Gasteiger partial charge in [-0.25, -0.2) is 0 Å². The summed E-state index contributed by atoms with van der Waals surface area (Å²) in [7, 11) is 0. The summed E-state index contributed by atoms with van der Waals surface area (Å²) in [4.78, 5) is 0. The maximum Gasteiger partial charge on any atom is 0.129 e. The van der Waals surface area contributed by atoms with E-state index in [4.69, 9.17) is 9.94 Å². The van der Waals surface area contributed by atoms with Gasteiger partial charge in [0, 0.05) is 5.56 Å². The van der Waals surface area contributed by atoms with E-state index in [0.29, 0.717) is 12.3 Å². The summed E-state index contributed by atoms with van der Waals surface area (Å²) in [5, 5.41) is 16.2. The fraction of sp³-hybridized carbons (Fsp3) is 0.214. The summed E-state index contributed by atoms with van der Waals surface area (Å²) in [5.74, 6) is 0.747. The van der Waals surface area contributed by atoms with E-state index in [-0.39, 0.29) is 0 Å². The fourth-order valence-electron chi connectivity index (χ4n) is 1.64. The molecule has 1 aromatic carbocycles. The number of nitrogens with zero attached hydrogens (tertiary/aromatic N) is 1. The molecule has 0 aliphatic rings. The highest BCUT2D eigenvalue weighted by Gasteiger charge is 2.08. The summed E-state index contributed by atoms with van der Waals surface area (Å²) < 4.78 is 5.80. The van der Waals surface area contributed by atoms with Gasteiger partial charge in [0.2, 0.25) is 0 Å². The predicted molar refractivity (Wildman–Crippen MR) is 73.8 cm³/mol. The van der Waals surface area contributed by atoms with Crippen LogP contribution in [0.1, 0.15) is 23.6 Å². The van der Waals surface area contributed by atoms with Crippen molar-refractivity contribution >= 4 is 17.0 Å². The number of ether oxygens (including phenoxy) is 1. The number of thiophene rings is 1. The lowest BCUT2D eigenvalue weighted by atomic mass is 10.1. The van der Waals surface area contributed by atoms with Gasteiger partial charge in [-0.15, -0.1) is 0 Å². The minimum atomic E-state index is 0.526. The minimum absolute atomic E-state index is 0.526. The Hall–Kier alpha value is -1.81. The molecule has 0 spiro atoms. The van der Waals surface area contributed by atoms with Crippen LogP contribution in [-0.4, -0.2) is 10.9 Å². The lowest BCUT2D eigenvalue weighted by Crippen LogP contribution is -2.02. The van der Waals surface area contributed by atoms with E-state index in [1.54, 1.807) is 18.3 Å². The Morgan fingerprint density at radius 1 is 1.39 bits per heavy atom. The summed E-state index contributed by atoms with van der Waals surface area (Å²) in [5.41, 5.74) is 3.63. The smallest absolute Gasteiger partial charge is 0.129 e. The van der Waals surface area contributed by atoms with Gasteiger partial charge in [-0.05, 0) is 53.9 Å². The van der Waals surface area contributed by atoms with Crippen LogP contribution in [0.3, 0.4) is 0 Å². The molecule has 0 radical (unpaired) electrons. The van der Waals surface area contributed by atoms with Gasteiger partial charge in [-0.1, -0.05) is 11.2 Å². The minimum Gasteiger partial charge on any atom is -0.488 e. The Labute approximate surface area is 110 Å². The molecule has 0 aliphatic carbocycles. The number of benzene rings is 1. The summed E-state index contributed by atoms with van der Waals surface area (Å²) >= 11 is 1.65. The first-order chi connectivity index (χ1) is 8.70. The molecule has 1 N–H and O–H groups in total. The van der Waals surface area contributed by atoms with Crippen LogP contribution in [0.4, 0.5) is 0 Å². The van der Waals surface area contributed by atoms with Gasteiger partial charge in [0.1, 0.15) is 12.4 Å². The van der Waals surface area contributed by atoms with E-state index in [0.717, 1.165) is 22.4 Å². The van der Waals surface area contributed by atoms with Crippen LogP contribution in [0.2, 0.25) is 0 Å². The zero-order valence-electron chi connectivity index (χ0n) is 10.4. The van der Waals surface area contributed by atoms with Crippen molar-refractivity contribution in [2.45, 2.75) is 20.5 Å². The van der Waals surface area contributed by atoms with Crippen molar-refractivity contribution in [3.63, 3.8) is 0 Å². The van der Waals surface area contributed by atoms with Crippen LogP contribution in [0, 0.1) is 6.92 Å². The summed E-state index contributed by atoms with van der Waals surface area (Å²) in [6, 6.07) is 7.87. The number of hydrogen-bond donors (Lipinski definition) is 1. The Balaban J connectivity index is 2.22. The second-order valence-corrected chi connectivity index (χ2v) is 4.89. The molecule has 0 saturated heterocycles. The Kier molecular flexibility index (Phi) is 3.99.